The summed E-state index contributed by atoms with van der Waals surface area (Å²) >= 11 is 0. The number of hydrogen-bond donors (Lipinski definition) is 0. The number of fused-ring (bicyclic) bond motifs is 3. The summed E-state index contributed by atoms with van der Waals surface area (Å²) in [5.41, 5.74) is 4.96. The van der Waals surface area contributed by atoms with Gasteiger partial charge >= 0.3 is 0 Å². The average molecular weight is 352 g/mol. The molecule has 0 spiro atoms. The molecule has 2 aromatic rings. The van der Waals surface area contributed by atoms with Crippen LogP contribution in [0.25, 0.3) is 11.0 Å². The van der Waals surface area contributed by atoms with Crippen molar-refractivity contribution in [1.29, 1.82) is 0 Å². The summed E-state index contributed by atoms with van der Waals surface area (Å²) in [6, 6.07) is 0. The zero-order valence-corrected chi connectivity index (χ0v) is 15.1. The zero-order chi connectivity index (χ0) is 15.6. The first-order valence-electron chi connectivity index (χ1n) is 8.92. The second-order valence-corrected chi connectivity index (χ2v) is 6.54. The molecule has 0 N–H and O–H groups in total. The highest BCUT2D eigenvalue weighted by Gasteiger charge is 2.23. The van der Waals surface area contributed by atoms with Gasteiger partial charge in [0, 0.05) is 18.9 Å². The van der Waals surface area contributed by atoms with Crippen molar-refractivity contribution in [2.75, 3.05) is 13.2 Å². The molecular formula is C18H26ClN3O2. The molecule has 6 heteroatoms. The van der Waals surface area contributed by atoms with Gasteiger partial charge in [0.2, 0.25) is 0 Å². The van der Waals surface area contributed by atoms with E-state index < -0.39 is 0 Å². The van der Waals surface area contributed by atoms with Crippen molar-refractivity contribution in [3.63, 3.8) is 0 Å². The second kappa shape index (κ2) is 7.81. The van der Waals surface area contributed by atoms with Gasteiger partial charge in [-0.1, -0.05) is 0 Å². The molecule has 0 unspecified atom stereocenters. The fraction of sp³-hybridized carbons (Fsp3) is 0.667. The minimum atomic E-state index is 0. The number of pyridine rings is 1. The summed E-state index contributed by atoms with van der Waals surface area (Å²) < 4.78 is 13.9. The Morgan fingerprint density at radius 3 is 2.96 bits per heavy atom. The normalized spacial score (nSPS) is 20.1. The molecule has 0 bridgehead atoms. The van der Waals surface area contributed by atoms with Gasteiger partial charge in [-0.05, 0) is 51.0 Å². The van der Waals surface area contributed by atoms with E-state index in [-0.39, 0.29) is 12.4 Å². The first kappa shape index (κ1) is 17.6. The standard InChI is InChI=1S/C18H25N3O2.ClH/c1-2-22-12-17-20-16-10-19-15-8-4-3-7-14(15)18(16)21(17)11-13-6-5-9-23-13;/h10,13H,2-9,11-12H2,1H3;1H/t13-;/m0./s1. The highest BCUT2D eigenvalue weighted by molar-refractivity contribution is 5.85. The first-order chi connectivity index (χ1) is 11.4. The van der Waals surface area contributed by atoms with Crippen LogP contribution in [0.4, 0.5) is 0 Å². The van der Waals surface area contributed by atoms with Crippen molar-refractivity contribution < 1.29 is 9.47 Å². The minimum Gasteiger partial charge on any atom is -0.376 e. The van der Waals surface area contributed by atoms with Crippen LogP contribution >= 0.6 is 12.4 Å². The molecule has 24 heavy (non-hydrogen) atoms. The van der Waals surface area contributed by atoms with Gasteiger partial charge in [0.15, 0.2) is 0 Å². The van der Waals surface area contributed by atoms with Crippen molar-refractivity contribution in [1.82, 2.24) is 14.5 Å². The molecule has 2 aliphatic rings. The third-order valence-corrected chi connectivity index (χ3v) is 4.99. The molecule has 0 aromatic carbocycles. The number of halogens is 1. The number of nitrogens with zero attached hydrogens (tertiary/aromatic N) is 3. The molecule has 1 saturated heterocycles. The lowest BCUT2D eigenvalue weighted by Gasteiger charge is -2.19. The van der Waals surface area contributed by atoms with Crippen molar-refractivity contribution in [2.24, 2.45) is 0 Å². The molecule has 3 heterocycles. The van der Waals surface area contributed by atoms with E-state index in [1.165, 1.54) is 29.6 Å². The predicted octanol–water partition coefficient (Wildman–Crippen LogP) is 3.45. The van der Waals surface area contributed by atoms with Crippen LogP contribution in [0, 0.1) is 0 Å². The van der Waals surface area contributed by atoms with Gasteiger partial charge < -0.3 is 14.0 Å². The predicted molar refractivity (Wildman–Crippen MR) is 95.7 cm³/mol. The monoisotopic (exact) mass is 351 g/mol. The molecule has 0 saturated carbocycles. The van der Waals surface area contributed by atoms with Crippen LogP contribution in [-0.4, -0.2) is 33.9 Å². The molecule has 132 valence electrons. The highest BCUT2D eigenvalue weighted by Crippen LogP contribution is 2.29. The van der Waals surface area contributed by atoms with E-state index in [0.29, 0.717) is 19.3 Å². The van der Waals surface area contributed by atoms with E-state index in [4.69, 9.17) is 14.5 Å². The number of rotatable bonds is 5. The van der Waals surface area contributed by atoms with E-state index in [9.17, 15) is 0 Å². The number of aryl methyl sites for hydroxylation is 2. The lowest BCUT2D eigenvalue weighted by Crippen LogP contribution is -2.18. The minimum absolute atomic E-state index is 0. The summed E-state index contributed by atoms with van der Waals surface area (Å²) in [6.45, 7) is 5.07. The van der Waals surface area contributed by atoms with E-state index in [1.807, 2.05) is 13.1 Å². The Bertz CT molecular complexity index is 695. The summed E-state index contributed by atoms with van der Waals surface area (Å²) in [4.78, 5) is 9.49. The Kier molecular flexibility index (Phi) is 5.74. The van der Waals surface area contributed by atoms with Crippen LogP contribution in [0.15, 0.2) is 6.20 Å². The van der Waals surface area contributed by atoms with Crippen LogP contribution in [0.3, 0.4) is 0 Å². The van der Waals surface area contributed by atoms with Gasteiger partial charge in [0.1, 0.15) is 17.9 Å². The van der Waals surface area contributed by atoms with E-state index in [2.05, 4.69) is 9.55 Å². The Balaban J connectivity index is 0.00000169. The Morgan fingerprint density at radius 1 is 1.29 bits per heavy atom. The molecule has 5 nitrogen and oxygen atoms in total. The van der Waals surface area contributed by atoms with Gasteiger partial charge in [-0.15, -0.1) is 12.4 Å². The molecule has 1 fully saturated rings. The Labute approximate surface area is 149 Å². The summed E-state index contributed by atoms with van der Waals surface area (Å²) in [7, 11) is 0. The largest absolute Gasteiger partial charge is 0.376 e. The maximum Gasteiger partial charge on any atom is 0.136 e. The Hall–Kier alpha value is -1.17. The molecule has 1 atom stereocenters. The topological polar surface area (TPSA) is 49.2 Å². The van der Waals surface area contributed by atoms with Crippen molar-refractivity contribution in [3.8, 4) is 0 Å². The first-order valence-corrected chi connectivity index (χ1v) is 8.92. The van der Waals surface area contributed by atoms with E-state index in [1.54, 1.807) is 0 Å². The van der Waals surface area contributed by atoms with E-state index in [0.717, 1.165) is 50.2 Å². The lowest BCUT2D eigenvalue weighted by atomic mass is 9.95. The molecule has 0 amide bonds. The highest BCUT2D eigenvalue weighted by atomic mass is 35.5. The molecule has 1 aliphatic heterocycles. The average Bonchev–Trinajstić information content (AvgIpc) is 3.21. The van der Waals surface area contributed by atoms with Gasteiger partial charge in [-0.2, -0.15) is 0 Å². The van der Waals surface area contributed by atoms with Crippen molar-refractivity contribution >= 4 is 23.4 Å². The van der Waals surface area contributed by atoms with Crippen molar-refractivity contribution in [3.05, 3.63) is 23.3 Å². The summed E-state index contributed by atoms with van der Waals surface area (Å²) in [5, 5.41) is 0. The fourth-order valence-electron chi connectivity index (χ4n) is 3.85. The van der Waals surface area contributed by atoms with Gasteiger partial charge in [-0.25, -0.2) is 4.98 Å². The van der Waals surface area contributed by atoms with Gasteiger partial charge in [-0.3, -0.25) is 4.98 Å². The second-order valence-electron chi connectivity index (χ2n) is 6.54. The molecule has 0 radical (unpaired) electrons. The number of aromatic nitrogens is 3. The number of hydrogen-bond acceptors (Lipinski definition) is 4. The summed E-state index contributed by atoms with van der Waals surface area (Å²) in [5.74, 6) is 1.01. The van der Waals surface area contributed by atoms with E-state index >= 15 is 0 Å². The third-order valence-electron chi connectivity index (χ3n) is 4.99. The maximum atomic E-state index is 5.87. The lowest BCUT2D eigenvalue weighted by molar-refractivity contribution is 0.0913. The quantitative estimate of drug-likeness (QED) is 0.827. The number of imidazole rings is 1. The van der Waals surface area contributed by atoms with Crippen LogP contribution in [0.1, 0.15) is 49.7 Å². The van der Waals surface area contributed by atoms with Crippen LogP contribution in [0.2, 0.25) is 0 Å². The van der Waals surface area contributed by atoms with Crippen LogP contribution < -0.4 is 0 Å². The van der Waals surface area contributed by atoms with Crippen LogP contribution in [0.5, 0.6) is 0 Å². The van der Waals surface area contributed by atoms with Gasteiger partial charge in [0.25, 0.3) is 0 Å². The number of ether oxygens (including phenoxy) is 2. The zero-order valence-electron chi connectivity index (χ0n) is 14.3. The van der Waals surface area contributed by atoms with Crippen LogP contribution in [-0.2, 0) is 35.5 Å². The molecular weight excluding hydrogens is 326 g/mol. The van der Waals surface area contributed by atoms with Crippen molar-refractivity contribution in [2.45, 2.75) is 64.7 Å². The smallest absolute Gasteiger partial charge is 0.136 e. The molecule has 1 aliphatic carbocycles. The molecule has 4 rings (SSSR count). The third kappa shape index (κ3) is 3.30. The summed E-state index contributed by atoms with van der Waals surface area (Å²) in [6.07, 6.45) is 9.26. The Morgan fingerprint density at radius 2 is 2.17 bits per heavy atom. The SMILES string of the molecule is CCOCc1nc2cnc3c(c2n1C[C@@H]1CCCO1)CCCC3.Cl. The maximum absolute atomic E-state index is 5.87. The van der Waals surface area contributed by atoms with Gasteiger partial charge in [0.05, 0.1) is 24.4 Å². The molecule has 2 aromatic heterocycles. The fourth-order valence-corrected chi connectivity index (χ4v) is 3.85.